The number of carboxylic acids is 3. The molecule has 0 saturated heterocycles. The van der Waals surface area contributed by atoms with Gasteiger partial charge in [-0.1, -0.05) is 0 Å². The van der Waals surface area contributed by atoms with Crippen LogP contribution >= 0.6 is 0 Å². The normalized spacial score (nSPS) is 8.64. The third-order valence-electron chi connectivity index (χ3n) is 1.19. The number of carbonyl (C=O) groups is 4. The van der Waals surface area contributed by atoms with Crippen LogP contribution in [-0.4, -0.2) is 40.0 Å². The van der Waals surface area contributed by atoms with Crippen LogP contribution in [0.3, 0.4) is 0 Å². The van der Waals surface area contributed by atoms with Crippen molar-refractivity contribution >= 4 is 24.7 Å². The topological polar surface area (TPSA) is 129 Å². The van der Waals surface area contributed by atoms with Gasteiger partial charge in [-0.2, -0.15) is 0 Å². The van der Waals surface area contributed by atoms with Crippen molar-refractivity contribution in [1.82, 2.24) is 0 Å². The van der Waals surface area contributed by atoms with Crippen LogP contribution in [0.25, 0.3) is 0 Å². The SMILES string of the molecule is C=O.O=C(O)CC(CC(=O)O)C(=O)O. The van der Waals surface area contributed by atoms with E-state index >= 15 is 0 Å². The lowest BCUT2D eigenvalue weighted by Crippen LogP contribution is -2.20. The predicted molar refractivity (Wildman–Crippen MR) is 42.8 cm³/mol. The summed E-state index contributed by atoms with van der Waals surface area (Å²) in [5, 5.41) is 24.7. The van der Waals surface area contributed by atoms with Crippen LogP contribution in [0.4, 0.5) is 0 Å². The molecule has 0 aliphatic rings. The zero-order valence-corrected chi connectivity index (χ0v) is 7.17. The highest BCUT2D eigenvalue weighted by molar-refractivity contribution is 5.82. The lowest BCUT2D eigenvalue weighted by molar-refractivity contribution is -0.152. The number of hydrogen-bond acceptors (Lipinski definition) is 4. The largest absolute Gasteiger partial charge is 0.481 e. The number of carbonyl (C=O) groups excluding carboxylic acids is 1. The molecule has 0 fully saturated rings. The minimum atomic E-state index is -1.40. The Morgan fingerprint density at radius 2 is 1.21 bits per heavy atom. The van der Waals surface area contributed by atoms with Gasteiger partial charge >= 0.3 is 17.9 Å². The second kappa shape index (κ2) is 7.71. The first-order valence-corrected chi connectivity index (χ1v) is 3.38. The quantitative estimate of drug-likeness (QED) is 0.550. The molecule has 0 aromatic carbocycles. The summed E-state index contributed by atoms with van der Waals surface area (Å²) in [6, 6.07) is 0. The van der Waals surface area contributed by atoms with E-state index in [0.717, 1.165) is 0 Å². The highest BCUT2D eigenvalue weighted by Gasteiger charge is 2.23. The number of hydrogen-bond donors (Lipinski definition) is 3. The van der Waals surface area contributed by atoms with E-state index in [2.05, 4.69) is 0 Å². The fourth-order valence-electron chi connectivity index (χ4n) is 0.668. The Balaban J connectivity index is 0. The van der Waals surface area contributed by atoms with E-state index in [1.54, 1.807) is 0 Å². The van der Waals surface area contributed by atoms with E-state index in [0.29, 0.717) is 0 Å². The molecule has 0 heterocycles. The van der Waals surface area contributed by atoms with Gasteiger partial charge in [-0.25, -0.2) is 0 Å². The molecule has 0 atom stereocenters. The molecule has 0 saturated carbocycles. The van der Waals surface area contributed by atoms with Crippen LogP contribution in [0.5, 0.6) is 0 Å². The molecule has 0 amide bonds. The third-order valence-corrected chi connectivity index (χ3v) is 1.19. The second-order valence-electron chi connectivity index (χ2n) is 2.23. The Hall–Kier alpha value is -1.92. The maximum atomic E-state index is 10.2. The van der Waals surface area contributed by atoms with Crippen LogP contribution in [0.2, 0.25) is 0 Å². The molecule has 0 unspecified atom stereocenters. The van der Waals surface area contributed by atoms with Gasteiger partial charge in [0, 0.05) is 0 Å². The molecule has 80 valence electrons. The monoisotopic (exact) mass is 206 g/mol. The van der Waals surface area contributed by atoms with Gasteiger partial charge in [-0.3, -0.25) is 14.4 Å². The molecule has 14 heavy (non-hydrogen) atoms. The van der Waals surface area contributed by atoms with E-state index in [1.807, 2.05) is 6.79 Å². The van der Waals surface area contributed by atoms with E-state index in [4.69, 9.17) is 20.1 Å². The van der Waals surface area contributed by atoms with Gasteiger partial charge in [0.25, 0.3) is 0 Å². The molecule has 7 heteroatoms. The van der Waals surface area contributed by atoms with Crippen molar-refractivity contribution in [1.29, 1.82) is 0 Å². The van der Waals surface area contributed by atoms with Crippen molar-refractivity contribution < 1.29 is 34.5 Å². The minimum absolute atomic E-state index is 0.665. The van der Waals surface area contributed by atoms with Crippen LogP contribution in [-0.2, 0) is 19.2 Å². The first-order chi connectivity index (χ1) is 6.43. The van der Waals surface area contributed by atoms with Crippen LogP contribution in [0.1, 0.15) is 12.8 Å². The van der Waals surface area contributed by atoms with Crippen molar-refractivity contribution in [3.8, 4) is 0 Å². The van der Waals surface area contributed by atoms with E-state index in [9.17, 15) is 14.4 Å². The van der Waals surface area contributed by atoms with Crippen molar-refractivity contribution in [3.63, 3.8) is 0 Å². The van der Waals surface area contributed by atoms with E-state index < -0.39 is 36.7 Å². The first kappa shape index (κ1) is 14.6. The highest BCUT2D eigenvalue weighted by atomic mass is 16.4. The number of carboxylic acid groups (broad SMARTS) is 3. The molecule has 0 aromatic rings. The van der Waals surface area contributed by atoms with Gasteiger partial charge in [0.1, 0.15) is 6.79 Å². The summed E-state index contributed by atoms with van der Waals surface area (Å²) in [6.07, 6.45) is -1.33. The zero-order chi connectivity index (χ0) is 11.7. The summed E-state index contributed by atoms with van der Waals surface area (Å²) in [7, 11) is 0. The molecule has 0 bridgehead atoms. The smallest absolute Gasteiger partial charge is 0.307 e. The average molecular weight is 206 g/mol. The summed E-state index contributed by atoms with van der Waals surface area (Å²) in [6.45, 7) is 2.00. The summed E-state index contributed by atoms with van der Waals surface area (Å²) in [5.41, 5.74) is 0. The first-order valence-electron chi connectivity index (χ1n) is 3.38. The lowest BCUT2D eigenvalue weighted by Gasteiger charge is -2.04. The van der Waals surface area contributed by atoms with Gasteiger partial charge in [0.15, 0.2) is 0 Å². The average Bonchev–Trinajstić information content (AvgIpc) is 2.05. The highest BCUT2D eigenvalue weighted by Crippen LogP contribution is 2.08. The van der Waals surface area contributed by atoms with Gasteiger partial charge in [-0.05, 0) is 0 Å². The van der Waals surface area contributed by atoms with Gasteiger partial charge in [-0.15, -0.1) is 0 Å². The van der Waals surface area contributed by atoms with Crippen LogP contribution in [0, 0.1) is 5.92 Å². The van der Waals surface area contributed by atoms with Gasteiger partial charge in [0.05, 0.1) is 18.8 Å². The summed E-state index contributed by atoms with van der Waals surface area (Å²) in [4.78, 5) is 38.3. The van der Waals surface area contributed by atoms with Crippen LogP contribution < -0.4 is 0 Å². The Bertz CT molecular complexity index is 206. The summed E-state index contributed by atoms with van der Waals surface area (Å²) < 4.78 is 0. The predicted octanol–water partition coefficient (Wildman–Crippen LogP) is -0.548. The minimum Gasteiger partial charge on any atom is -0.481 e. The van der Waals surface area contributed by atoms with E-state index in [1.165, 1.54) is 0 Å². The van der Waals surface area contributed by atoms with Crippen molar-refractivity contribution in [2.24, 2.45) is 5.92 Å². The fraction of sp³-hybridized carbons (Fsp3) is 0.429. The molecule has 7 nitrogen and oxygen atoms in total. The Morgan fingerprint density at radius 3 is 1.36 bits per heavy atom. The van der Waals surface area contributed by atoms with Crippen molar-refractivity contribution in [3.05, 3.63) is 0 Å². The molecule has 0 aliphatic heterocycles. The fourth-order valence-corrected chi connectivity index (χ4v) is 0.668. The van der Waals surface area contributed by atoms with Gasteiger partial charge in [0.2, 0.25) is 0 Å². The van der Waals surface area contributed by atoms with Crippen LogP contribution in [0.15, 0.2) is 0 Å². The summed E-state index contributed by atoms with van der Waals surface area (Å²) >= 11 is 0. The molecule has 0 rings (SSSR count). The lowest BCUT2D eigenvalue weighted by atomic mass is 10.0. The molecule has 0 aliphatic carbocycles. The summed E-state index contributed by atoms with van der Waals surface area (Å²) in [5.74, 6) is -5.38. The Kier molecular flexibility index (Phi) is 8.04. The number of aliphatic carboxylic acids is 3. The molecule has 0 spiro atoms. The molecule has 3 N–H and O–H groups in total. The molecule has 0 radical (unpaired) electrons. The standard InChI is InChI=1S/C6H8O6.CH2O/c7-4(8)1-3(6(11)12)2-5(9)10;1-2/h3H,1-2H2,(H,7,8)(H,9,10)(H,11,12);1H2. The second-order valence-corrected chi connectivity index (χ2v) is 2.23. The molecule has 0 aromatic heterocycles. The van der Waals surface area contributed by atoms with Crippen molar-refractivity contribution in [2.75, 3.05) is 0 Å². The maximum absolute atomic E-state index is 10.2. The van der Waals surface area contributed by atoms with Gasteiger partial charge < -0.3 is 20.1 Å². The zero-order valence-electron chi connectivity index (χ0n) is 7.17. The molecular weight excluding hydrogens is 196 g/mol. The van der Waals surface area contributed by atoms with Crippen molar-refractivity contribution in [2.45, 2.75) is 12.8 Å². The van der Waals surface area contributed by atoms with E-state index in [-0.39, 0.29) is 0 Å². The third kappa shape index (κ3) is 8.18. The Labute approximate surface area is 79.0 Å². The number of rotatable bonds is 5. The maximum Gasteiger partial charge on any atom is 0.307 e. The Morgan fingerprint density at radius 1 is 0.929 bits per heavy atom. The molecular formula is C7H10O7.